The van der Waals surface area contributed by atoms with Gasteiger partial charge in [-0.05, 0) is 18.6 Å². The maximum Gasteiger partial charge on any atom is 0.287 e. The highest BCUT2D eigenvalue weighted by Gasteiger charge is 2.42. The molecule has 30 heavy (non-hydrogen) atoms. The first-order chi connectivity index (χ1) is 14.5. The topological polar surface area (TPSA) is 63.5 Å². The molecule has 1 unspecified atom stereocenters. The van der Waals surface area contributed by atoms with Crippen LogP contribution in [0.25, 0.3) is 22.1 Å². The summed E-state index contributed by atoms with van der Waals surface area (Å²) in [4.78, 5) is 12.6. The summed E-state index contributed by atoms with van der Waals surface area (Å²) in [6.07, 6.45) is 0.570. The third-order valence-electron chi connectivity index (χ3n) is 5.21. The first-order valence-corrected chi connectivity index (χ1v) is 10.1. The Kier molecular flexibility index (Phi) is 5.72. The van der Waals surface area contributed by atoms with Gasteiger partial charge in [0.2, 0.25) is 0 Å². The molecule has 5 nitrogen and oxygen atoms in total. The molecule has 1 fully saturated rings. The van der Waals surface area contributed by atoms with Crippen molar-refractivity contribution in [2.45, 2.75) is 31.7 Å². The molecule has 7 heteroatoms. The van der Waals surface area contributed by atoms with E-state index in [-0.39, 0.29) is 25.3 Å². The van der Waals surface area contributed by atoms with Crippen LogP contribution in [-0.2, 0) is 0 Å². The zero-order valence-electron chi connectivity index (χ0n) is 16.7. The first-order valence-electron chi connectivity index (χ1n) is 10.1. The molecule has 0 saturated carbocycles. The SMILES string of the molecule is CCCOc1ccccc1-c1cccc2cc(C(=O)NC3CNCCC3(F)F)oc12. The summed E-state index contributed by atoms with van der Waals surface area (Å²) in [6, 6.07) is 13.5. The van der Waals surface area contributed by atoms with E-state index in [0.717, 1.165) is 28.7 Å². The summed E-state index contributed by atoms with van der Waals surface area (Å²) in [7, 11) is 0. The molecule has 0 aliphatic carbocycles. The number of furan rings is 1. The summed E-state index contributed by atoms with van der Waals surface area (Å²) in [5.41, 5.74) is 2.15. The van der Waals surface area contributed by atoms with Gasteiger partial charge in [0.25, 0.3) is 11.8 Å². The molecule has 1 aliphatic heterocycles. The van der Waals surface area contributed by atoms with E-state index in [0.29, 0.717) is 12.2 Å². The number of para-hydroxylation sites is 2. The van der Waals surface area contributed by atoms with E-state index in [1.165, 1.54) is 0 Å². The first kappa shape index (κ1) is 20.3. The fourth-order valence-electron chi connectivity index (χ4n) is 3.63. The average Bonchev–Trinajstić information content (AvgIpc) is 3.18. The molecule has 0 spiro atoms. The molecule has 2 N–H and O–H groups in total. The quantitative estimate of drug-likeness (QED) is 0.618. The van der Waals surface area contributed by atoms with Crippen molar-refractivity contribution in [2.75, 3.05) is 19.7 Å². The maximum absolute atomic E-state index is 14.1. The smallest absolute Gasteiger partial charge is 0.287 e. The van der Waals surface area contributed by atoms with Crippen molar-refractivity contribution in [2.24, 2.45) is 0 Å². The molecule has 1 aliphatic rings. The molecular weight excluding hydrogens is 390 g/mol. The summed E-state index contributed by atoms with van der Waals surface area (Å²) in [6.45, 7) is 2.87. The average molecular weight is 414 g/mol. The van der Waals surface area contributed by atoms with Crippen LogP contribution in [0.5, 0.6) is 5.75 Å². The molecule has 4 rings (SSSR count). The number of fused-ring (bicyclic) bond motifs is 1. The number of carbonyl (C=O) groups excluding carboxylic acids is 1. The van der Waals surface area contributed by atoms with Crippen LogP contribution in [-0.4, -0.2) is 37.6 Å². The van der Waals surface area contributed by atoms with Gasteiger partial charge in [0.1, 0.15) is 17.4 Å². The van der Waals surface area contributed by atoms with Gasteiger partial charge < -0.3 is 19.8 Å². The second-order valence-corrected chi connectivity index (χ2v) is 7.42. The molecule has 1 amide bonds. The predicted molar refractivity (Wildman–Crippen MR) is 111 cm³/mol. The molecule has 2 aromatic carbocycles. The van der Waals surface area contributed by atoms with E-state index in [4.69, 9.17) is 9.15 Å². The van der Waals surface area contributed by atoms with E-state index in [2.05, 4.69) is 10.6 Å². The van der Waals surface area contributed by atoms with Crippen LogP contribution < -0.4 is 15.4 Å². The highest BCUT2D eigenvalue weighted by atomic mass is 19.3. The van der Waals surface area contributed by atoms with Crippen LogP contribution in [0.1, 0.15) is 30.3 Å². The zero-order valence-corrected chi connectivity index (χ0v) is 16.7. The third-order valence-corrected chi connectivity index (χ3v) is 5.21. The molecule has 158 valence electrons. The number of ether oxygens (including phenoxy) is 1. The Bertz CT molecular complexity index is 1050. The maximum atomic E-state index is 14.1. The van der Waals surface area contributed by atoms with Gasteiger partial charge in [-0.1, -0.05) is 43.3 Å². The summed E-state index contributed by atoms with van der Waals surface area (Å²) in [5.74, 6) is -2.87. The van der Waals surface area contributed by atoms with Crippen molar-refractivity contribution in [3.63, 3.8) is 0 Å². The molecular formula is C23H24F2N2O3. The van der Waals surface area contributed by atoms with Gasteiger partial charge in [-0.25, -0.2) is 8.78 Å². The fraction of sp³-hybridized carbons (Fsp3) is 0.348. The lowest BCUT2D eigenvalue weighted by Gasteiger charge is -2.32. The Balaban J connectivity index is 1.65. The molecule has 0 bridgehead atoms. The largest absolute Gasteiger partial charge is 0.493 e. The zero-order chi connectivity index (χ0) is 21.1. The lowest BCUT2D eigenvalue weighted by Crippen LogP contribution is -2.57. The number of carbonyl (C=O) groups is 1. The van der Waals surface area contributed by atoms with Crippen molar-refractivity contribution in [1.29, 1.82) is 0 Å². The van der Waals surface area contributed by atoms with E-state index in [9.17, 15) is 13.6 Å². The molecule has 1 atom stereocenters. The van der Waals surface area contributed by atoms with Crippen LogP contribution in [0.4, 0.5) is 8.78 Å². The van der Waals surface area contributed by atoms with Gasteiger partial charge in [-0.2, -0.15) is 0 Å². The van der Waals surface area contributed by atoms with Gasteiger partial charge >= 0.3 is 0 Å². The molecule has 3 aromatic rings. The number of nitrogens with one attached hydrogen (secondary N) is 2. The fourth-order valence-corrected chi connectivity index (χ4v) is 3.63. The molecule has 0 radical (unpaired) electrons. The number of piperidine rings is 1. The number of amides is 1. The van der Waals surface area contributed by atoms with Crippen molar-refractivity contribution >= 4 is 16.9 Å². The van der Waals surface area contributed by atoms with Crippen molar-refractivity contribution in [3.05, 3.63) is 54.3 Å². The highest BCUT2D eigenvalue weighted by Crippen LogP contribution is 2.36. The van der Waals surface area contributed by atoms with E-state index < -0.39 is 17.9 Å². The van der Waals surface area contributed by atoms with Gasteiger partial charge in [0.05, 0.1) is 6.61 Å². The van der Waals surface area contributed by atoms with E-state index in [1.807, 2.05) is 49.4 Å². The van der Waals surface area contributed by atoms with Crippen molar-refractivity contribution in [1.82, 2.24) is 10.6 Å². The standard InChI is InChI=1S/C23H24F2N2O3/c1-2-12-29-18-9-4-3-7-16(18)17-8-5-6-15-13-19(30-21(15)17)22(28)27-20-14-26-11-10-23(20,24)25/h3-9,13,20,26H,2,10-12,14H2,1H3,(H,27,28). The van der Waals surface area contributed by atoms with Gasteiger partial charge in [-0.3, -0.25) is 4.79 Å². The lowest BCUT2D eigenvalue weighted by molar-refractivity contribution is -0.0544. The Morgan fingerprint density at radius 2 is 2.03 bits per heavy atom. The number of alkyl halides is 2. The summed E-state index contributed by atoms with van der Waals surface area (Å²) < 4.78 is 39.9. The Morgan fingerprint density at radius 1 is 1.23 bits per heavy atom. The summed E-state index contributed by atoms with van der Waals surface area (Å²) in [5, 5.41) is 6.02. The van der Waals surface area contributed by atoms with Crippen LogP contribution in [0.2, 0.25) is 0 Å². The van der Waals surface area contributed by atoms with Crippen molar-refractivity contribution < 1.29 is 22.7 Å². The van der Waals surface area contributed by atoms with E-state index in [1.54, 1.807) is 6.07 Å². The second kappa shape index (κ2) is 8.44. The van der Waals surface area contributed by atoms with Crippen LogP contribution >= 0.6 is 0 Å². The predicted octanol–water partition coefficient (Wildman–Crippen LogP) is 4.62. The number of rotatable bonds is 6. The second-order valence-electron chi connectivity index (χ2n) is 7.42. The van der Waals surface area contributed by atoms with Gasteiger partial charge in [0.15, 0.2) is 5.76 Å². The molecule has 1 saturated heterocycles. The minimum absolute atomic E-state index is 0.00535. The van der Waals surface area contributed by atoms with Gasteiger partial charge in [-0.15, -0.1) is 0 Å². The molecule has 2 heterocycles. The minimum atomic E-state index is -2.95. The van der Waals surface area contributed by atoms with Crippen LogP contribution in [0, 0.1) is 0 Å². The van der Waals surface area contributed by atoms with Crippen molar-refractivity contribution in [3.8, 4) is 16.9 Å². The third kappa shape index (κ3) is 4.03. The number of hydrogen-bond donors (Lipinski definition) is 2. The Labute approximate surface area is 173 Å². The monoisotopic (exact) mass is 414 g/mol. The minimum Gasteiger partial charge on any atom is -0.493 e. The van der Waals surface area contributed by atoms with E-state index >= 15 is 0 Å². The van der Waals surface area contributed by atoms with Gasteiger partial charge in [0, 0.05) is 36.0 Å². The van der Waals surface area contributed by atoms with Crippen LogP contribution in [0.15, 0.2) is 52.9 Å². The lowest BCUT2D eigenvalue weighted by atomic mass is 10.0. The number of halogens is 2. The number of benzene rings is 2. The van der Waals surface area contributed by atoms with Crippen LogP contribution in [0.3, 0.4) is 0 Å². The number of hydrogen-bond acceptors (Lipinski definition) is 4. The molecule has 1 aromatic heterocycles. The Hall–Kier alpha value is -2.93. The summed E-state index contributed by atoms with van der Waals surface area (Å²) >= 11 is 0. The normalized spacial score (nSPS) is 18.3. The highest BCUT2D eigenvalue weighted by molar-refractivity contribution is 6.00. The Morgan fingerprint density at radius 3 is 2.83 bits per heavy atom.